The van der Waals surface area contributed by atoms with E-state index in [-0.39, 0.29) is 5.41 Å². The molecule has 1 aliphatic rings. The Bertz CT molecular complexity index is 1330. The van der Waals surface area contributed by atoms with Crippen LogP contribution in [0.3, 0.4) is 0 Å². The van der Waals surface area contributed by atoms with E-state index in [1.807, 2.05) is 19.2 Å². The van der Waals surface area contributed by atoms with Gasteiger partial charge in [-0.2, -0.15) is 4.73 Å². The molecule has 0 saturated carbocycles. The summed E-state index contributed by atoms with van der Waals surface area (Å²) in [6.45, 7) is 4.07. The summed E-state index contributed by atoms with van der Waals surface area (Å²) in [5.74, 6) is 2.07. The first-order valence-corrected chi connectivity index (χ1v) is 11.3. The second kappa shape index (κ2) is 9.72. The fraction of sp³-hybridized carbons (Fsp3) is 0.333. The van der Waals surface area contributed by atoms with Crippen molar-refractivity contribution in [2.45, 2.75) is 31.7 Å². The maximum Gasteiger partial charge on any atom is 0.437 e. The molecule has 0 unspecified atom stereocenters. The smallest absolute Gasteiger partial charge is 0.437 e. The normalized spacial score (nSPS) is 15.1. The van der Waals surface area contributed by atoms with E-state index < -0.39 is 6.09 Å². The number of hydrogen-bond donors (Lipinski definition) is 2. The van der Waals surface area contributed by atoms with Crippen molar-refractivity contribution in [3.63, 3.8) is 0 Å². The monoisotopic (exact) mass is 478 g/mol. The highest BCUT2D eigenvalue weighted by molar-refractivity contribution is 5.86. The van der Waals surface area contributed by atoms with E-state index in [1.54, 1.807) is 30.5 Å². The number of fused-ring (bicyclic) bond motifs is 1. The number of anilines is 1. The molecular formula is C24H26N6O5. The van der Waals surface area contributed by atoms with Gasteiger partial charge in [-0.1, -0.05) is 12.1 Å². The molecule has 11 nitrogen and oxygen atoms in total. The average molecular weight is 479 g/mol. The Morgan fingerprint density at radius 1 is 1.17 bits per heavy atom. The maximum absolute atomic E-state index is 12.5. The van der Waals surface area contributed by atoms with Crippen LogP contribution in [0.1, 0.15) is 31.2 Å². The SMILES string of the molecule is CNCc1cc(Oc2ccc3c(ccn3OC(=O)Nc3cc(C4(C)CCOCC4)on3)c2)ncn1. The van der Waals surface area contributed by atoms with Gasteiger partial charge < -0.3 is 24.2 Å². The molecule has 1 amide bonds. The van der Waals surface area contributed by atoms with Crippen molar-refractivity contribution in [2.24, 2.45) is 0 Å². The first-order valence-electron chi connectivity index (χ1n) is 11.3. The number of ether oxygens (including phenoxy) is 2. The summed E-state index contributed by atoms with van der Waals surface area (Å²) in [4.78, 5) is 26.3. The molecular weight excluding hydrogens is 452 g/mol. The summed E-state index contributed by atoms with van der Waals surface area (Å²) in [6.07, 6.45) is 4.10. The number of nitrogens with zero attached hydrogens (tertiary/aromatic N) is 4. The number of hydrogen-bond acceptors (Lipinski definition) is 9. The van der Waals surface area contributed by atoms with Crippen LogP contribution < -0.4 is 20.2 Å². The largest absolute Gasteiger partial charge is 0.439 e. The van der Waals surface area contributed by atoms with E-state index in [0.29, 0.717) is 42.7 Å². The lowest BCUT2D eigenvalue weighted by molar-refractivity contribution is 0.0467. The van der Waals surface area contributed by atoms with Crippen LogP contribution in [0.2, 0.25) is 0 Å². The molecule has 35 heavy (non-hydrogen) atoms. The maximum atomic E-state index is 12.5. The molecule has 4 aromatic rings. The number of carbonyl (C=O) groups excluding carboxylic acids is 1. The van der Waals surface area contributed by atoms with E-state index in [4.69, 9.17) is 18.8 Å². The molecule has 0 aliphatic carbocycles. The Balaban J connectivity index is 1.24. The zero-order valence-corrected chi connectivity index (χ0v) is 19.5. The van der Waals surface area contributed by atoms with Crippen LogP contribution in [0, 0.1) is 0 Å². The van der Waals surface area contributed by atoms with Crippen molar-refractivity contribution in [3.05, 3.63) is 60.4 Å². The fourth-order valence-electron chi connectivity index (χ4n) is 3.97. The van der Waals surface area contributed by atoms with Gasteiger partial charge in [0.05, 0.1) is 11.2 Å². The third-order valence-corrected chi connectivity index (χ3v) is 6.02. The number of amides is 1. The van der Waals surface area contributed by atoms with E-state index in [1.165, 1.54) is 11.1 Å². The Kier molecular flexibility index (Phi) is 6.34. The number of benzene rings is 1. The van der Waals surface area contributed by atoms with E-state index in [9.17, 15) is 4.79 Å². The summed E-state index contributed by atoms with van der Waals surface area (Å²) in [6, 6.07) is 10.7. The minimum Gasteiger partial charge on any atom is -0.439 e. The lowest BCUT2D eigenvalue weighted by Crippen LogP contribution is -2.30. The van der Waals surface area contributed by atoms with Crippen LogP contribution in [0.25, 0.3) is 10.9 Å². The quantitative estimate of drug-likeness (QED) is 0.409. The average Bonchev–Trinajstić information content (AvgIpc) is 3.48. The summed E-state index contributed by atoms with van der Waals surface area (Å²) in [5, 5.41) is 10.5. The van der Waals surface area contributed by atoms with Gasteiger partial charge >= 0.3 is 6.09 Å². The molecule has 0 atom stereocenters. The van der Waals surface area contributed by atoms with E-state index in [2.05, 4.69) is 32.7 Å². The summed E-state index contributed by atoms with van der Waals surface area (Å²) in [7, 11) is 1.85. The van der Waals surface area contributed by atoms with Crippen molar-refractivity contribution in [1.82, 2.24) is 25.2 Å². The number of rotatable bonds is 7. The Labute approximate surface area is 201 Å². The molecule has 1 aromatic carbocycles. The van der Waals surface area contributed by atoms with Gasteiger partial charge in [0.25, 0.3) is 0 Å². The molecule has 182 valence electrons. The molecule has 2 N–H and O–H groups in total. The van der Waals surface area contributed by atoms with Gasteiger partial charge in [0.15, 0.2) is 5.82 Å². The van der Waals surface area contributed by atoms with Crippen molar-refractivity contribution < 1.29 is 23.6 Å². The Morgan fingerprint density at radius 2 is 2.03 bits per heavy atom. The molecule has 1 aliphatic heterocycles. The van der Waals surface area contributed by atoms with E-state index in [0.717, 1.165) is 29.7 Å². The Hall–Kier alpha value is -3.96. The first-order chi connectivity index (χ1) is 17.0. The number of nitrogens with one attached hydrogen (secondary N) is 2. The van der Waals surface area contributed by atoms with Gasteiger partial charge in [0.2, 0.25) is 5.88 Å². The van der Waals surface area contributed by atoms with Crippen LogP contribution in [0.5, 0.6) is 11.6 Å². The molecule has 0 bridgehead atoms. The fourth-order valence-corrected chi connectivity index (χ4v) is 3.97. The van der Waals surface area contributed by atoms with Gasteiger partial charge in [0, 0.05) is 48.9 Å². The van der Waals surface area contributed by atoms with Gasteiger partial charge in [-0.05, 0) is 44.2 Å². The molecule has 1 saturated heterocycles. The minimum atomic E-state index is -0.683. The predicted octanol–water partition coefficient (Wildman–Crippen LogP) is 3.66. The molecule has 5 rings (SSSR count). The van der Waals surface area contributed by atoms with Crippen LogP contribution >= 0.6 is 0 Å². The predicted molar refractivity (Wildman–Crippen MR) is 126 cm³/mol. The molecule has 11 heteroatoms. The van der Waals surface area contributed by atoms with Gasteiger partial charge in [-0.15, -0.1) is 0 Å². The molecule has 0 spiro atoms. The molecule has 1 fully saturated rings. The zero-order chi connectivity index (χ0) is 24.3. The lowest BCUT2D eigenvalue weighted by Gasteiger charge is -2.30. The van der Waals surface area contributed by atoms with Gasteiger partial charge in [0.1, 0.15) is 17.8 Å². The van der Waals surface area contributed by atoms with Gasteiger partial charge in [-0.3, -0.25) is 5.32 Å². The second-order valence-electron chi connectivity index (χ2n) is 8.60. The number of carbonyl (C=O) groups is 1. The summed E-state index contributed by atoms with van der Waals surface area (Å²) >= 11 is 0. The standard InChI is InChI=1S/C24H26N6O5/c1-24(6-9-32-10-7-24)20-13-21(29-34-20)28-23(31)35-30-8-5-16-11-18(3-4-19(16)30)33-22-12-17(14-25-2)26-15-27-22/h3-5,8,11-13,15,25H,6-7,9-10,14H2,1-2H3,(H,28,29,31). The molecule has 0 radical (unpaired) electrons. The highest BCUT2D eigenvalue weighted by atomic mass is 16.7. The lowest BCUT2D eigenvalue weighted by atomic mass is 9.80. The van der Waals surface area contributed by atoms with Crippen molar-refractivity contribution in [3.8, 4) is 11.6 Å². The highest BCUT2D eigenvalue weighted by Gasteiger charge is 2.33. The van der Waals surface area contributed by atoms with Crippen molar-refractivity contribution in [2.75, 3.05) is 25.6 Å². The Morgan fingerprint density at radius 3 is 2.86 bits per heavy atom. The molecule has 4 heterocycles. The third-order valence-electron chi connectivity index (χ3n) is 6.02. The van der Waals surface area contributed by atoms with Crippen LogP contribution in [0.15, 0.2) is 53.4 Å². The van der Waals surface area contributed by atoms with Crippen LogP contribution in [-0.4, -0.2) is 46.2 Å². The van der Waals surface area contributed by atoms with Crippen LogP contribution in [-0.2, 0) is 16.7 Å². The molecule has 3 aromatic heterocycles. The zero-order valence-electron chi connectivity index (χ0n) is 19.5. The van der Waals surface area contributed by atoms with Crippen LogP contribution in [0.4, 0.5) is 10.6 Å². The number of aromatic nitrogens is 4. The summed E-state index contributed by atoms with van der Waals surface area (Å²) < 4.78 is 18.2. The summed E-state index contributed by atoms with van der Waals surface area (Å²) in [5.41, 5.74) is 1.36. The van der Waals surface area contributed by atoms with Crippen molar-refractivity contribution in [1.29, 1.82) is 0 Å². The third kappa shape index (κ3) is 5.10. The second-order valence-corrected chi connectivity index (χ2v) is 8.60. The highest BCUT2D eigenvalue weighted by Crippen LogP contribution is 2.35. The minimum absolute atomic E-state index is 0.161. The topological polar surface area (TPSA) is 126 Å². The van der Waals surface area contributed by atoms with Gasteiger partial charge in [-0.25, -0.2) is 14.8 Å². The first kappa shape index (κ1) is 22.8. The van der Waals surface area contributed by atoms with Crippen molar-refractivity contribution >= 4 is 22.8 Å². The van der Waals surface area contributed by atoms with E-state index >= 15 is 0 Å².